The molecule has 0 bridgehead atoms. The summed E-state index contributed by atoms with van der Waals surface area (Å²) in [4.78, 5) is 4.39. The second-order valence-electron chi connectivity index (χ2n) is 4.52. The normalized spacial score (nSPS) is 12.2. The van der Waals surface area contributed by atoms with Crippen molar-refractivity contribution in [2.75, 3.05) is 7.11 Å². The quantitative estimate of drug-likeness (QED) is 0.939. The number of nitrogens with zero attached hydrogens (tertiary/aromatic N) is 1. The molecule has 1 atom stereocenters. The Morgan fingerprint density at radius 2 is 2.11 bits per heavy atom. The SMILES string of the molecule is COc1cc(Br)ccc1C(N)Cc1ccc(C)cn1. The third-order valence-electron chi connectivity index (χ3n) is 3.00. The first-order chi connectivity index (χ1) is 9.10. The Morgan fingerprint density at radius 1 is 1.32 bits per heavy atom. The average Bonchev–Trinajstić information content (AvgIpc) is 2.41. The zero-order chi connectivity index (χ0) is 13.8. The summed E-state index contributed by atoms with van der Waals surface area (Å²) < 4.78 is 6.35. The van der Waals surface area contributed by atoms with Gasteiger partial charge in [-0.2, -0.15) is 0 Å². The van der Waals surface area contributed by atoms with Crippen molar-refractivity contribution < 1.29 is 4.74 Å². The van der Waals surface area contributed by atoms with Gasteiger partial charge in [0.25, 0.3) is 0 Å². The molecule has 2 rings (SSSR count). The van der Waals surface area contributed by atoms with Crippen molar-refractivity contribution in [2.45, 2.75) is 19.4 Å². The molecular formula is C15H17BrN2O. The largest absolute Gasteiger partial charge is 0.496 e. The predicted octanol–water partition coefficient (Wildman–Crippen LogP) is 3.40. The van der Waals surface area contributed by atoms with Crippen LogP contribution in [0.5, 0.6) is 5.75 Å². The second kappa shape index (κ2) is 6.17. The highest BCUT2D eigenvalue weighted by molar-refractivity contribution is 9.10. The maximum atomic E-state index is 6.26. The summed E-state index contributed by atoms with van der Waals surface area (Å²) in [6.07, 6.45) is 2.55. The van der Waals surface area contributed by atoms with Crippen LogP contribution in [0.3, 0.4) is 0 Å². The molecule has 19 heavy (non-hydrogen) atoms. The molecule has 0 aliphatic heterocycles. The summed E-state index contributed by atoms with van der Waals surface area (Å²) in [7, 11) is 1.65. The molecule has 0 radical (unpaired) electrons. The number of rotatable bonds is 4. The van der Waals surface area contributed by atoms with Gasteiger partial charge in [-0.1, -0.05) is 28.1 Å². The molecule has 1 heterocycles. The van der Waals surface area contributed by atoms with Crippen molar-refractivity contribution in [3.63, 3.8) is 0 Å². The molecule has 0 amide bonds. The number of pyridine rings is 1. The van der Waals surface area contributed by atoms with E-state index >= 15 is 0 Å². The van der Waals surface area contributed by atoms with E-state index in [1.54, 1.807) is 7.11 Å². The maximum absolute atomic E-state index is 6.26. The summed E-state index contributed by atoms with van der Waals surface area (Å²) in [6.45, 7) is 2.02. The van der Waals surface area contributed by atoms with Gasteiger partial charge in [-0.25, -0.2) is 0 Å². The van der Waals surface area contributed by atoms with Crippen LogP contribution in [-0.4, -0.2) is 12.1 Å². The molecule has 3 nitrogen and oxygen atoms in total. The van der Waals surface area contributed by atoms with Gasteiger partial charge in [0.15, 0.2) is 0 Å². The van der Waals surface area contributed by atoms with E-state index in [0.29, 0.717) is 6.42 Å². The highest BCUT2D eigenvalue weighted by atomic mass is 79.9. The lowest BCUT2D eigenvalue weighted by molar-refractivity contribution is 0.405. The molecule has 2 aromatic rings. The molecule has 1 unspecified atom stereocenters. The number of methoxy groups -OCH3 is 1. The summed E-state index contributed by atoms with van der Waals surface area (Å²) in [5, 5.41) is 0. The van der Waals surface area contributed by atoms with Crippen molar-refractivity contribution in [1.29, 1.82) is 0 Å². The zero-order valence-electron chi connectivity index (χ0n) is 11.1. The van der Waals surface area contributed by atoms with Crippen LogP contribution in [0, 0.1) is 6.92 Å². The van der Waals surface area contributed by atoms with Crippen LogP contribution in [0.15, 0.2) is 41.0 Å². The fraction of sp³-hybridized carbons (Fsp3) is 0.267. The molecule has 0 aliphatic carbocycles. The number of nitrogens with two attached hydrogens (primary N) is 1. The van der Waals surface area contributed by atoms with Gasteiger partial charge in [0.2, 0.25) is 0 Å². The van der Waals surface area contributed by atoms with E-state index in [9.17, 15) is 0 Å². The van der Waals surface area contributed by atoms with Crippen molar-refractivity contribution >= 4 is 15.9 Å². The zero-order valence-corrected chi connectivity index (χ0v) is 12.6. The molecular weight excluding hydrogens is 304 g/mol. The lowest BCUT2D eigenvalue weighted by atomic mass is 10.0. The molecule has 0 saturated carbocycles. The molecule has 0 spiro atoms. The van der Waals surface area contributed by atoms with Crippen LogP contribution >= 0.6 is 15.9 Å². The van der Waals surface area contributed by atoms with Gasteiger partial charge < -0.3 is 10.5 Å². The Kier molecular flexibility index (Phi) is 4.56. The van der Waals surface area contributed by atoms with Crippen molar-refractivity contribution in [1.82, 2.24) is 4.98 Å². The molecule has 4 heteroatoms. The van der Waals surface area contributed by atoms with Crippen molar-refractivity contribution in [3.8, 4) is 5.75 Å². The van der Waals surface area contributed by atoms with Gasteiger partial charge in [0.1, 0.15) is 5.75 Å². The number of hydrogen-bond acceptors (Lipinski definition) is 3. The van der Waals surface area contributed by atoms with E-state index in [-0.39, 0.29) is 6.04 Å². The van der Waals surface area contributed by atoms with Gasteiger partial charge in [-0.15, -0.1) is 0 Å². The van der Waals surface area contributed by atoms with E-state index in [1.807, 2.05) is 43.5 Å². The Balaban J connectivity index is 2.19. The van der Waals surface area contributed by atoms with Crippen LogP contribution in [-0.2, 0) is 6.42 Å². The first kappa shape index (κ1) is 14.0. The van der Waals surface area contributed by atoms with Gasteiger partial charge in [0, 0.05) is 34.4 Å². The number of benzene rings is 1. The molecule has 1 aromatic heterocycles. The molecule has 100 valence electrons. The van der Waals surface area contributed by atoms with Gasteiger partial charge in [-0.3, -0.25) is 4.98 Å². The smallest absolute Gasteiger partial charge is 0.124 e. The summed E-state index contributed by atoms with van der Waals surface area (Å²) in [6, 6.07) is 9.83. The van der Waals surface area contributed by atoms with E-state index in [4.69, 9.17) is 10.5 Å². The number of aromatic nitrogens is 1. The highest BCUT2D eigenvalue weighted by Gasteiger charge is 2.13. The first-order valence-corrected chi connectivity index (χ1v) is 6.90. The lowest BCUT2D eigenvalue weighted by Crippen LogP contribution is -2.15. The predicted molar refractivity (Wildman–Crippen MR) is 80.3 cm³/mol. The molecule has 0 aliphatic rings. The second-order valence-corrected chi connectivity index (χ2v) is 5.44. The van der Waals surface area contributed by atoms with Crippen LogP contribution < -0.4 is 10.5 Å². The minimum Gasteiger partial charge on any atom is -0.496 e. The Bertz CT molecular complexity index is 555. The summed E-state index contributed by atoms with van der Waals surface area (Å²) in [5.74, 6) is 0.800. The van der Waals surface area contributed by atoms with E-state index in [1.165, 1.54) is 0 Å². The van der Waals surface area contributed by atoms with Crippen molar-refractivity contribution in [2.24, 2.45) is 5.73 Å². The molecule has 1 aromatic carbocycles. The van der Waals surface area contributed by atoms with Gasteiger partial charge >= 0.3 is 0 Å². The topological polar surface area (TPSA) is 48.1 Å². The fourth-order valence-corrected chi connectivity index (χ4v) is 2.29. The maximum Gasteiger partial charge on any atom is 0.124 e. The fourth-order valence-electron chi connectivity index (χ4n) is 1.95. The number of hydrogen-bond donors (Lipinski definition) is 1. The summed E-state index contributed by atoms with van der Waals surface area (Å²) >= 11 is 3.43. The Morgan fingerprint density at radius 3 is 2.74 bits per heavy atom. The Hall–Kier alpha value is -1.39. The molecule has 2 N–H and O–H groups in total. The lowest BCUT2D eigenvalue weighted by Gasteiger charge is -2.15. The first-order valence-electron chi connectivity index (χ1n) is 6.10. The molecule has 0 fully saturated rings. The van der Waals surface area contributed by atoms with Crippen LogP contribution in [0.1, 0.15) is 22.9 Å². The summed E-state index contributed by atoms with van der Waals surface area (Å²) in [5.41, 5.74) is 9.39. The number of aryl methyl sites for hydroxylation is 1. The van der Waals surface area contributed by atoms with Crippen LogP contribution in [0.25, 0.3) is 0 Å². The monoisotopic (exact) mass is 320 g/mol. The van der Waals surface area contributed by atoms with E-state index in [0.717, 1.165) is 27.0 Å². The highest BCUT2D eigenvalue weighted by Crippen LogP contribution is 2.28. The van der Waals surface area contributed by atoms with E-state index in [2.05, 4.69) is 20.9 Å². The number of ether oxygens (including phenoxy) is 1. The Labute approximate surface area is 121 Å². The third kappa shape index (κ3) is 3.55. The van der Waals surface area contributed by atoms with Crippen LogP contribution in [0.4, 0.5) is 0 Å². The third-order valence-corrected chi connectivity index (χ3v) is 3.49. The van der Waals surface area contributed by atoms with Crippen LogP contribution in [0.2, 0.25) is 0 Å². The molecule has 0 saturated heterocycles. The minimum absolute atomic E-state index is 0.127. The van der Waals surface area contributed by atoms with Crippen molar-refractivity contribution in [3.05, 3.63) is 57.8 Å². The van der Waals surface area contributed by atoms with Gasteiger partial charge in [0.05, 0.1) is 7.11 Å². The average molecular weight is 321 g/mol. The number of halogens is 1. The van der Waals surface area contributed by atoms with E-state index < -0.39 is 0 Å². The minimum atomic E-state index is -0.127. The van der Waals surface area contributed by atoms with Gasteiger partial charge in [-0.05, 0) is 30.7 Å². The standard InChI is InChI=1S/C15H17BrN2O/c1-10-3-5-12(18-9-10)8-14(17)13-6-4-11(16)7-15(13)19-2/h3-7,9,14H,8,17H2,1-2H3.